The van der Waals surface area contributed by atoms with Crippen LogP contribution >= 0.6 is 11.3 Å². The molecule has 21 heavy (non-hydrogen) atoms. The fourth-order valence-electron chi connectivity index (χ4n) is 3.00. The van der Waals surface area contributed by atoms with Crippen LogP contribution in [0.3, 0.4) is 0 Å². The zero-order valence-corrected chi connectivity index (χ0v) is 13.7. The van der Waals surface area contributed by atoms with Gasteiger partial charge in [-0.25, -0.2) is 9.97 Å². The molecule has 1 fully saturated rings. The maximum absolute atomic E-state index is 12.7. The fraction of sp³-hybridized carbons (Fsp3) is 0.562. The van der Waals surface area contributed by atoms with Gasteiger partial charge in [0.2, 0.25) is 0 Å². The van der Waals surface area contributed by atoms with Gasteiger partial charge in [-0.3, -0.25) is 4.79 Å². The number of piperidine rings is 1. The largest absolute Gasteiger partial charge is 0.338 e. The molecule has 0 N–H and O–H groups in total. The summed E-state index contributed by atoms with van der Waals surface area (Å²) < 4.78 is 0. The first-order valence-corrected chi connectivity index (χ1v) is 8.49. The lowest BCUT2D eigenvalue weighted by Crippen LogP contribution is -2.35. The highest BCUT2D eigenvalue weighted by Crippen LogP contribution is 2.32. The van der Waals surface area contributed by atoms with Crippen molar-refractivity contribution in [3.05, 3.63) is 22.0 Å². The summed E-state index contributed by atoms with van der Waals surface area (Å²) in [5, 5.41) is 1.07. The van der Waals surface area contributed by atoms with E-state index in [-0.39, 0.29) is 5.91 Å². The first-order valence-electron chi connectivity index (χ1n) is 7.67. The van der Waals surface area contributed by atoms with E-state index in [1.165, 1.54) is 17.8 Å². The molecule has 0 atom stereocenters. The Morgan fingerprint density at radius 1 is 1.19 bits per heavy atom. The van der Waals surface area contributed by atoms with Crippen LogP contribution in [0.25, 0.3) is 10.2 Å². The molecular formula is C16H21N3OS. The van der Waals surface area contributed by atoms with Gasteiger partial charge >= 0.3 is 0 Å². The Morgan fingerprint density at radius 3 is 2.57 bits per heavy atom. The standard InChI is InChI=1S/C16H21N3OS/c1-4-12-17-11(3)13-10(2)14(21-15(13)18-12)16(20)19-8-6-5-7-9-19/h4-9H2,1-3H3. The van der Waals surface area contributed by atoms with Crippen molar-refractivity contribution < 1.29 is 4.79 Å². The lowest BCUT2D eigenvalue weighted by Gasteiger charge is -2.26. The van der Waals surface area contributed by atoms with Crippen molar-refractivity contribution in [2.24, 2.45) is 0 Å². The van der Waals surface area contributed by atoms with Crippen LogP contribution in [0.4, 0.5) is 0 Å². The van der Waals surface area contributed by atoms with Crippen LogP contribution in [0.5, 0.6) is 0 Å². The molecule has 0 bridgehead atoms. The lowest BCUT2D eigenvalue weighted by atomic mass is 10.1. The van der Waals surface area contributed by atoms with Crippen molar-refractivity contribution in [1.29, 1.82) is 0 Å². The highest BCUT2D eigenvalue weighted by Gasteiger charge is 2.24. The van der Waals surface area contributed by atoms with Crippen molar-refractivity contribution in [3.63, 3.8) is 0 Å². The minimum absolute atomic E-state index is 0.174. The van der Waals surface area contributed by atoms with E-state index in [1.807, 2.05) is 18.7 Å². The molecule has 112 valence electrons. The Bertz CT molecular complexity index is 686. The Labute approximate surface area is 129 Å². The van der Waals surface area contributed by atoms with Gasteiger partial charge in [0, 0.05) is 30.6 Å². The van der Waals surface area contributed by atoms with Gasteiger partial charge in [0.15, 0.2) is 0 Å². The van der Waals surface area contributed by atoms with Gasteiger partial charge in [0.1, 0.15) is 10.7 Å². The van der Waals surface area contributed by atoms with Gasteiger partial charge in [-0.05, 0) is 38.7 Å². The van der Waals surface area contributed by atoms with Crippen molar-refractivity contribution >= 4 is 27.5 Å². The number of hydrogen-bond acceptors (Lipinski definition) is 4. The van der Waals surface area contributed by atoms with Crippen LogP contribution in [0, 0.1) is 13.8 Å². The molecule has 0 spiro atoms. The number of thiophene rings is 1. The molecule has 0 unspecified atom stereocenters. The zero-order chi connectivity index (χ0) is 15.0. The van der Waals surface area contributed by atoms with Crippen LogP contribution in [0.1, 0.15) is 52.9 Å². The molecule has 3 rings (SSSR count). The molecule has 4 nitrogen and oxygen atoms in total. The van der Waals surface area contributed by atoms with Gasteiger partial charge in [0.25, 0.3) is 5.91 Å². The minimum atomic E-state index is 0.174. The molecule has 0 saturated carbocycles. The topological polar surface area (TPSA) is 46.1 Å². The number of nitrogens with zero attached hydrogens (tertiary/aromatic N) is 3. The predicted octanol–water partition coefficient (Wildman–Crippen LogP) is 3.50. The Morgan fingerprint density at radius 2 is 1.90 bits per heavy atom. The summed E-state index contributed by atoms with van der Waals surface area (Å²) in [5.41, 5.74) is 2.04. The number of amides is 1. The zero-order valence-electron chi connectivity index (χ0n) is 12.9. The predicted molar refractivity (Wildman–Crippen MR) is 86.0 cm³/mol. The lowest BCUT2D eigenvalue weighted by molar-refractivity contribution is 0.0728. The van der Waals surface area contributed by atoms with E-state index in [0.29, 0.717) is 0 Å². The molecule has 0 radical (unpaired) electrons. The molecule has 0 aliphatic carbocycles. The first kappa shape index (κ1) is 14.4. The normalized spacial score (nSPS) is 15.7. The maximum atomic E-state index is 12.7. The van der Waals surface area contributed by atoms with E-state index in [0.717, 1.165) is 64.5 Å². The van der Waals surface area contributed by atoms with Crippen LogP contribution in [-0.4, -0.2) is 33.9 Å². The van der Waals surface area contributed by atoms with E-state index >= 15 is 0 Å². The van der Waals surface area contributed by atoms with E-state index in [9.17, 15) is 4.79 Å². The second-order valence-electron chi connectivity index (χ2n) is 5.67. The first-order chi connectivity index (χ1) is 10.1. The molecule has 5 heteroatoms. The second kappa shape index (κ2) is 5.72. The van der Waals surface area contributed by atoms with Crippen LogP contribution in [-0.2, 0) is 6.42 Å². The number of aryl methyl sites for hydroxylation is 3. The summed E-state index contributed by atoms with van der Waals surface area (Å²) >= 11 is 1.53. The van der Waals surface area contributed by atoms with E-state index in [4.69, 9.17) is 0 Å². The van der Waals surface area contributed by atoms with E-state index < -0.39 is 0 Å². The molecule has 1 amide bonds. The molecular weight excluding hydrogens is 282 g/mol. The summed E-state index contributed by atoms with van der Waals surface area (Å²) in [6.07, 6.45) is 4.30. The highest BCUT2D eigenvalue weighted by atomic mass is 32.1. The Hall–Kier alpha value is -1.49. The third-order valence-corrected chi connectivity index (χ3v) is 5.34. The third-order valence-electron chi connectivity index (χ3n) is 4.17. The average molecular weight is 303 g/mol. The number of rotatable bonds is 2. The van der Waals surface area contributed by atoms with Crippen molar-refractivity contribution in [2.45, 2.75) is 46.5 Å². The van der Waals surface area contributed by atoms with Crippen LogP contribution in [0.2, 0.25) is 0 Å². The molecule has 1 aliphatic rings. The van der Waals surface area contributed by atoms with Gasteiger partial charge in [-0.15, -0.1) is 11.3 Å². The molecule has 2 aromatic rings. The van der Waals surface area contributed by atoms with Gasteiger partial charge in [-0.1, -0.05) is 6.92 Å². The second-order valence-corrected chi connectivity index (χ2v) is 6.67. The summed E-state index contributed by atoms with van der Waals surface area (Å²) in [5.74, 6) is 1.03. The monoisotopic (exact) mass is 303 g/mol. The number of carbonyl (C=O) groups excluding carboxylic acids is 1. The van der Waals surface area contributed by atoms with E-state index in [1.54, 1.807) is 0 Å². The molecule has 0 aromatic carbocycles. The smallest absolute Gasteiger partial charge is 0.264 e. The average Bonchev–Trinajstić information content (AvgIpc) is 2.84. The quantitative estimate of drug-likeness (QED) is 0.853. The summed E-state index contributed by atoms with van der Waals surface area (Å²) in [6, 6.07) is 0. The fourth-order valence-corrected chi connectivity index (χ4v) is 4.22. The molecule has 1 aliphatic heterocycles. The van der Waals surface area contributed by atoms with Gasteiger partial charge < -0.3 is 4.90 Å². The summed E-state index contributed by atoms with van der Waals surface area (Å²) in [7, 11) is 0. The maximum Gasteiger partial charge on any atom is 0.264 e. The molecule has 2 aromatic heterocycles. The van der Waals surface area contributed by atoms with E-state index in [2.05, 4.69) is 16.9 Å². The number of aromatic nitrogens is 2. The molecule has 1 saturated heterocycles. The van der Waals surface area contributed by atoms with Gasteiger partial charge in [0.05, 0.1) is 4.88 Å². The summed E-state index contributed by atoms with van der Waals surface area (Å²) in [6.45, 7) is 7.87. The molecule has 3 heterocycles. The van der Waals surface area contributed by atoms with Crippen molar-refractivity contribution in [3.8, 4) is 0 Å². The minimum Gasteiger partial charge on any atom is -0.338 e. The van der Waals surface area contributed by atoms with Crippen molar-refractivity contribution in [1.82, 2.24) is 14.9 Å². The number of carbonyl (C=O) groups is 1. The Balaban J connectivity index is 2.04. The van der Waals surface area contributed by atoms with Crippen molar-refractivity contribution in [2.75, 3.05) is 13.1 Å². The summed E-state index contributed by atoms with van der Waals surface area (Å²) in [4.78, 5) is 25.7. The van der Waals surface area contributed by atoms with Gasteiger partial charge in [-0.2, -0.15) is 0 Å². The highest BCUT2D eigenvalue weighted by molar-refractivity contribution is 7.20. The van der Waals surface area contributed by atoms with Crippen LogP contribution < -0.4 is 0 Å². The number of likely N-dealkylation sites (tertiary alicyclic amines) is 1. The Kier molecular flexibility index (Phi) is 3.93. The number of hydrogen-bond donors (Lipinski definition) is 0. The van der Waals surface area contributed by atoms with Crippen LogP contribution in [0.15, 0.2) is 0 Å². The third kappa shape index (κ3) is 2.55. The SMILES string of the molecule is CCc1nc(C)c2c(C)c(C(=O)N3CCCCC3)sc2n1. The number of fused-ring (bicyclic) bond motifs is 1.